The highest BCUT2D eigenvalue weighted by atomic mass is 32.1. The van der Waals surface area contributed by atoms with E-state index >= 15 is 0 Å². The summed E-state index contributed by atoms with van der Waals surface area (Å²) in [4.78, 5) is 26.5. The quantitative estimate of drug-likeness (QED) is 0.660. The maximum atomic E-state index is 12.5. The smallest absolute Gasteiger partial charge is 0.260 e. The van der Waals surface area contributed by atoms with E-state index in [2.05, 4.69) is 40.8 Å². The third-order valence-corrected chi connectivity index (χ3v) is 6.01. The SMILES string of the molecule is CC(C)c1ccc(OCC(=O)N2CCN(c3nc4cccnc4s3)CC2)cc1. The molecule has 4 rings (SSSR count). The van der Waals surface area contributed by atoms with Crippen molar-refractivity contribution in [3.63, 3.8) is 0 Å². The zero-order chi connectivity index (χ0) is 19.5. The van der Waals surface area contributed by atoms with Gasteiger partial charge in [-0.1, -0.05) is 37.3 Å². The van der Waals surface area contributed by atoms with Crippen LogP contribution in [-0.4, -0.2) is 53.6 Å². The Hall–Kier alpha value is -2.67. The summed E-state index contributed by atoms with van der Waals surface area (Å²) in [7, 11) is 0. The second kappa shape index (κ2) is 8.14. The number of rotatable bonds is 5. The predicted molar refractivity (Wildman–Crippen MR) is 112 cm³/mol. The van der Waals surface area contributed by atoms with E-state index in [0.29, 0.717) is 19.0 Å². The van der Waals surface area contributed by atoms with Crippen molar-refractivity contribution in [1.29, 1.82) is 0 Å². The lowest BCUT2D eigenvalue weighted by Crippen LogP contribution is -2.50. The molecule has 1 saturated heterocycles. The number of carbonyl (C=O) groups excluding carboxylic acids is 1. The van der Waals surface area contributed by atoms with Crippen LogP contribution in [0.1, 0.15) is 25.3 Å². The topological polar surface area (TPSA) is 58.6 Å². The second-order valence-electron chi connectivity index (χ2n) is 7.20. The minimum atomic E-state index is 0.0264. The number of hydrogen-bond acceptors (Lipinski definition) is 6. The Bertz CT molecular complexity index is 913. The first-order chi connectivity index (χ1) is 13.6. The largest absolute Gasteiger partial charge is 0.484 e. The average Bonchev–Trinajstić information content (AvgIpc) is 3.16. The van der Waals surface area contributed by atoms with Crippen LogP contribution in [0.5, 0.6) is 5.75 Å². The zero-order valence-electron chi connectivity index (χ0n) is 16.2. The highest BCUT2D eigenvalue weighted by Gasteiger charge is 2.23. The molecule has 0 bridgehead atoms. The first-order valence-corrected chi connectivity index (χ1v) is 10.4. The number of thiazole rings is 1. The molecule has 1 aliphatic rings. The molecule has 0 aliphatic carbocycles. The number of nitrogens with zero attached hydrogens (tertiary/aromatic N) is 4. The Kier molecular flexibility index (Phi) is 5.43. The first-order valence-electron chi connectivity index (χ1n) is 9.57. The number of piperazine rings is 1. The third-order valence-electron chi connectivity index (χ3n) is 4.97. The minimum absolute atomic E-state index is 0.0264. The Balaban J connectivity index is 1.28. The zero-order valence-corrected chi connectivity index (χ0v) is 17.0. The van der Waals surface area contributed by atoms with Crippen LogP contribution < -0.4 is 9.64 Å². The summed E-state index contributed by atoms with van der Waals surface area (Å²) in [5.41, 5.74) is 2.19. The van der Waals surface area contributed by atoms with Crippen molar-refractivity contribution in [2.75, 3.05) is 37.7 Å². The molecule has 3 aromatic rings. The maximum Gasteiger partial charge on any atom is 0.260 e. The second-order valence-corrected chi connectivity index (χ2v) is 8.16. The van der Waals surface area contributed by atoms with Crippen LogP contribution in [0.25, 0.3) is 10.3 Å². The van der Waals surface area contributed by atoms with Crippen LogP contribution >= 0.6 is 11.3 Å². The summed E-state index contributed by atoms with van der Waals surface area (Å²) in [5.74, 6) is 1.25. The van der Waals surface area contributed by atoms with Crippen LogP contribution in [0.3, 0.4) is 0 Å². The fourth-order valence-corrected chi connectivity index (χ4v) is 4.19. The molecule has 1 aliphatic heterocycles. The van der Waals surface area contributed by atoms with Crippen molar-refractivity contribution in [1.82, 2.24) is 14.9 Å². The highest BCUT2D eigenvalue weighted by molar-refractivity contribution is 7.21. The predicted octanol–water partition coefficient (Wildman–Crippen LogP) is 3.54. The number of fused-ring (bicyclic) bond motifs is 1. The summed E-state index contributed by atoms with van der Waals surface area (Å²) in [5, 5.41) is 0.974. The summed E-state index contributed by atoms with van der Waals surface area (Å²) in [6.07, 6.45) is 1.79. The summed E-state index contributed by atoms with van der Waals surface area (Å²) >= 11 is 1.60. The van der Waals surface area contributed by atoms with Crippen LogP contribution in [0.4, 0.5) is 5.13 Å². The van der Waals surface area contributed by atoms with Gasteiger partial charge in [0.25, 0.3) is 5.91 Å². The number of hydrogen-bond donors (Lipinski definition) is 0. The van der Waals surface area contributed by atoms with Gasteiger partial charge < -0.3 is 14.5 Å². The molecule has 0 saturated carbocycles. The molecule has 0 unspecified atom stereocenters. The normalized spacial score (nSPS) is 14.7. The average molecular weight is 397 g/mol. The fourth-order valence-electron chi connectivity index (χ4n) is 3.23. The van der Waals surface area contributed by atoms with Gasteiger partial charge in [-0.25, -0.2) is 9.97 Å². The van der Waals surface area contributed by atoms with Crippen LogP contribution in [0, 0.1) is 0 Å². The number of carbonyl (C=O) groups is 1. The van der Waals surface area contributed by atoms with E-state index in [-0.39, 0.29) is 12.5 Å². The molecule has 28 heavy (non-hydrogen) atoms. The number of benzene rings is 1. The first kappa shape index (κ1) is 18.7. The number of anilines is 1. The minimum Gasteiger partial charge on any atom is -0.484 e. The van der Waals surface area contributed by atoms with E-state index in [0.717, 1.165) is 34.3 Å². The van der Waals surface area contributed by atoms with Crippen molar-refractivity contribution >= 4 is 32.7 Å². The lowest BCUT2D eigenvalue weighted by molar-refractivity contribution is -0.133. The molecule has 1 fully saturated rings. The van der Waals surface area contributed by atoms with Crippen molar-refractivity contribution in [3.05, 3.63) is 48.2 Å². The molecule has 146 valence electrons. The Labute approximate surface area is 168 Å². The van der Waals surface area contributed by atoms with Crippen molar-refractivity contribution in [2.45, 2.75) is 19.8 Å². The van der Waals surface area contributed by atoms with Crippen molar-refractivity contribution in [2.24, 2.45) is 0 Å². The molecule has 1 aromatic carbocycles. The van der Waals surface area contributed by atoms with Gasteiger partial charge in [0.2, 0.25) is 0 Å². The van der Waals surface area contributed by atoms with Crippen molar-refractivity contribution < 1.29 is 9.53 Å². The molecule has 0 radical (unpaired) electrons. The molecule has 3 heterocycles. The third kappa shape index (κ3) is 4.09. The van der Waals surface area contributed by atoms with Gasteiger partial charge in [0.15, 0.2) is 11.7 Å². The number of aromatic nitrogens is 2. The van der Waals surface area contributed by atoms with Gasteiger partial charge in [-0.2, -0.15) is 0 Å². The Morgan fingerprint density at radius 3 is 2.57 bits per heavy atom. The van der Waals surface area contributed by atoms with E-state index in [9.17, 15) is 4.79 Å². The van der Waals surface area contributed by atoms with Crippen LogP contribution in [-0.2, 0) is 4.79 Å². The van der Waals surface area contributed by atoms with Gasteiger partial charge in [0.1, 0.15) is 16.1 Å². The van der Waals surface area contributed by atoms with Gasteiger partial charge in [0, 0.05) is 32.4 Å². The lowest BCUT2D eigenvalue weighted by Gasteiger charge is -2.34. The molecule has 0 spiro atoms. The molecule has 0 N–H and O–H groups in total. The van der Waals surface area contributed by atoms with Gasteiger partial charge >= 0.3 is 0 Å². The molecule has 2 aromatic heterocycles. The van der Waals surface area contributed by atoms with Crippen LogP contribution in [0.2, 0.25) is 0 Å². The van der Waals surface area contributed by atoms with Gasteiger partial charge in [-0.3, -0.25) is 4.79 Å². The summed E-state index contributed by atoms with van der Waals surface area (Å²) < 4.78 is 5.68. The molecule has 1 amide bonds. The van der Waals surface area contributed by atoms with E-state index in [1.54, 1.807) is 17.5 Å². The maximum absolute atomic E-state index is 12.5. The summed E-state index contributed by atoms with van der Waals surface area (Å²) in [6, 6.07) is 11.8. The standard InChI is InChI=1S/C21H24N4O2S/c1-15(2)16-5-7-17(8-6-16)27-14-19(26)24-10-12-25(13-11-24)21-23-18-4-3-9-22-20(18)28-21/h3-9,15H,10-14H2,1-2H3. The van der Waals surface area contributed by atoms with Crippen molar-refractivity contribution in [3.8, 4) is 5.75 Å². The molecular formula is C21H24N4O2S. The van der Waals surface area contributed by atoms with E-state index in [1.165, 1.54) is 5.56 Å². The van der Waals surface area contributed by atoms with E-state index in [1.807, 2.05) is 29.2 Å². The van der Waals surface area contributed by atoms with Gasteiger partial charge in [-0.05, 0) is 35.7 Å². The summed E-state index contributed by atoms with van der Waals surface area (Å²) in [6.45, 7) is 7.29. The van der Waals surface area contributed by atoms with E-state index in [4.69, 9.17) is 4.74 Å². The Morgan fingerprint density at radius 2 is 1.89 bits per heavy atom. The highest BCUT2D eigenvalue weighted by Crippen LogP contribution is 2.27. The lowest BCUT2D eigenvalue weighted by atomic mass is 10.0. The molecule has 7 heteroatoms. The van der Waals surface area contributed by atoms with Gasteiger partial charge in [0.05, 0.1) is 0 Å². The molecule has 0 atom stereocenters. The fraction of sp³-hybridized carbons (Fsp3) is 0.381. The molecule has 6 nitrogen and oxygen atoms in total. The van der Waals surface area contributed by atoms with Gasteiger partial charge in [-0.15, -0.1) is 0 Å². The number of pyridine rings is 1. The molecular weight excluding hydrogens is 372 g/mol. The van der Waals surface area contributed by atoms with E-state index < -0.39 is 0 Å². The number of amides is 1. The monoisotopic (exact) mass is 396 g/mol. The Morgan fingerprint density at radius 1 is 1.14 bits per heavy atom. The van der Waals surface area contributed by atoms with Crippen LogP contribution in [0.15, 0.2) is 42.6 Å². The number of ether oxygens (including phenoxy) is 1.